The minimum Gasteiger partial charge on any atom is -0.321 e. The number of rotatable bonds is 4. The van der Waals surface area contributed by atoms with Crippen LogP contribution < -0.4 is 10.7 Å². The summed E-state index contributed by atoms with van der Waals surface area (Å²) in [5, 5.41) is 7.14. The molecule has 0 aliphatic heterocycles. The summed E-state index contributed by atoms with van der Waals surface area (Å²) in [7, 11) is 0. The van der Waals surface area contributed by atoms with Crippen molar-refractivity contribution < 1.29 is 9.59 Å². The summed E-state index contributed by atoms with van der Waals surface area (Å²) in [4.78, 5) is 27.6. The van der Waals surface area contributed by atoms with Crippen LogP contribution in [0, 0.1) is 0 Å². The van der Waals surface area contributed by atoms with Crippen LogP contribution in [0.5, 0.6) is 0 Å². The third-order valence-corrected chi connectivity index (χ3v) is 3.15. The topological polar surface area (TPSA) is 83.5 Å². The molecular weight excluding hydrogens is 339 g/mol. The number of pyridine rings is 1. The van der Waals surface area contributed by atoms with Crippen LogP contribution in [-0.4, -0.2) is 22.5 Å². The molecule has 2 aromatic rings. The van der Waals surface area contributed by atoms with E-state index in [1.54, 1.807) is 18.2 Å². The van der Waals surface area contributed by atoms with Gasteiger partial charge in [-0.15, -0.1) is 0 Å². The van der Waals surface area contributed by atoms with Crippen LogP contribution in [0.15, 0.2) is 47.8 Å². The maximum atomic E-state index is 12.0. The SMILES string of the molecule is C/C(=N\NC(=O)c1ccncc1)C(=O)Nc1cc(Cl)cc(Cl)c1. The monoisotopic (exact) mass is 350 g/mol. The number of anilines is 1. The molecule has 0 saturated heterocycles. The number of carbonyl (C=O) groups is 2. The number of nitrogens with one attached hydrogen (secondary N) is 2. The van der Waals surface area contributed by atoms with E-state index in [1.165, 1.54) is 31.5 Å². The molecule has 1 aromatic heterocycles. The quantitative estimate of drug-likeness (QED) is 0.656. The van der Waals surface area contributed by atoms with Crippen molar-refractivity contribution in [2.75, 3.05) is 5.32 Å². The van der Waals surface area contributed by atoms with E-state index in [0.717, 1.165) is 0 Å². The Labute approximate surface area is 142 Å². The molecule has 1 heterocycles. The van der Waals surface area contributed by atoms with Crippen LogP contribution in [0.3, 0.4) is 0 Å². The first-order valence-corrected chi connectivity index (χ1v) is 7.23. The zero-order valence-corrected chi connectivity index (χ0v) is 13.5. The fraction of sp³-hybridized carbons (Fsp3) is 0.0667. The molecule has 0 aliphatic rings. The van der Waals surface area contributed by atoms with Gasteiger partial charge in [-0.2, -0.15) is 5.10 Å². The number of benzene rings is 1. The average molecular weight is 351 g/mol. The number of hydrogen-bond donors (Lipinski definition) is 2. The Balaban J connectivity index is 2.00. The molecule has 23 heavy (non-hydrogen) atoms. The number of halogens is 2. The Morgan fingerprint density at radius 3 is 2.30 bits per heavy atom. The highest BCUT2D eigenvalue weighted by atomic mass is 35.5. The molecule has 0 unspecified atom stereocenters. The van der Waals surface area contributed by atoms with Gasteiger partial charge in [-0.3, -0.25) is 14.6 Å². The smallest absolute Gasteiger partial charge is 0.271 e. The summed E-state index contributed by atoms with van der Waals surface area (Å²) in [6, 6.07) is 7.72. The van der Waals surface area contributed by atoms with Crippen LogP contribution in [0.4, 0.5) is 5.69 Å². The van der Waals surface area contributed by atoms with Crippen LogP contribution in [0.2, 0.25) is 10.0 Å². The highest BCUT2D eigenvalue weighted by Crippen LogP contribution is 2.22. The fourth-order valence-corrected chi connectivity index (χ4v) is 2.13. The van der Waals surface area contributed by atoms with Gasteiger partial charge in [0.15, 0.2) is 0 Å². The molecule has 2 amide bonds. The summed E-state index contributed by atoms with van der Waals surface area (Å²) in [6.45, 7) is 1.47. The van der Waals surface area contributed by atoms with E-state index in [4.69, 9.17) is 23.2 Å². The normalized spacial score (nSPS) is 11.0. The first-order chi connectivity index (χ1) is 11.0. The second-order valence-corrected chi connectivity index (χ2v) is 5.36. The Hall–Kier alpha value is -2.44. The van der Waals surface area contributed by atoms with Gasteiger partial charge >= 0.3 is 0 Å². The average Bonchev–Trinajstić information content (AvgIpc) is 2.52. The maximum Gasteiger partial charge on any atom is 0.271 e. The molecule has 0 atom stereocenters. The van der Waals surface area contributed by atoms with E-state index < -0.39 is 11.8 Å². The molecule has 6 nitrogen and oxygen atoms in total. The molecule has 118 valence electrons. The number of hydrogen-bond acceptors (Lipinski definition) is 4. The zero-order valence-electron chi connectivity index (χ0n) is 12.0. The van der Waals surface area contributed by atoms with Crippen molar-refractivity contribution in [3.8, 4) is 0 Å². The van der Waals surface area contributed by atoms with E-state index in [0.29, 0.717) is 21.3 Å². The molecule has 0 spiro atoms. The summed E-state index contributed by atoms with van der Waals surface area (Å²) in [5.74, 6) is -0.927. The number of aromatic nitrogens is 1. The third-order valence-electron chi connectivity index (χ3n) is 2.72. The lowest BCUT2D eigenvalue weighted by atomic mass is 10.2. The number of carbonyl (C=O) groups excluding carboxylic acids is 2. The second-order valence-electron chi connectivity index (χ2n) is 4.49. The molecular formula is C15H12Cl2N4O2. The van der Waals surface area contributed by atoms with Crippen LogP contribution in [-0.2, 0) is 4.79 Å². The summed E-state index contributed by atoms with van der Waals surface area (Å²) in [5.41, 5.74) is 3.19. The lowest BCUT2D eigenvalue weighted by Crippen LogP contribution is -2.25. The Bertz CT molecular complexity index is 743. The van der Waals surface area contributed by atoms with E-state index in [2.05, 4.69) is 20.8 Å². The van der Waals surface area contributed by atoms with E-state index in [1.807, 2.05) is 0 Å². The number of hydrazone groups is 1. The van der Waals surface area contributed by atoms with Gasteiger partial charge in [0.25, 0.3) is 11.8 Å². The minimum absolute atomic E-state index is 0.0727. The molecule has 2 rings (SSSR count). The summed E-state index contributed by atoms with van der Waals surface area (Å²) < 4.78 is 0. The summed E-state index contributed by atoms with van der Waals surface area (Å²) >= 11 is 11.7. The van der Waals surface area contributed by atoms with Gasteiger partial charge in [-0.25, -0.2) is 5.43 Å². The van der Waals surface area contributed by atoms with Crippen molar-refractivity contribution >= 4 is 46.4 Å². The fourth-order valence-electron chi connectivity index (χ4n) is 1.60. The van der Waals surface area contributed by atoms with Crippen molar-refractivity contribution in [1.82, 2.24) is 10.4 Å². The number of amides is 2. The first kappa shape index (κ1) is 16.9. The van der Waals surface area contributed by atoms with Gasteiger partial charge in [0.05, 0.1) is 0 Å². The predicted octanol–water partition coefficient (Wildman–Crippen LogP) is 3.13. The first-order valence-electron chi connectivity index (χ1n) is 6.48. The molecule has 0 bridgehead atoms. The van der Waals surface area contributed by atoms with Gasteiger partial charge in [0.2, 0.25) is 0 Å². The molecule has 0 fully saturated rings. The van der Waals surface area contributed by atoms with E-state index in [9.17, 15) is 9.59 Å². The second kappa shape index (κ2) is 7.71. The Kier molecular flexibility index (Phi) is 5.67. The van der Waals surface area contributed by atoms with Gasteiger partial charge in [-0.1, -0.05) is 23.2 Å². The maximum absolute atomic E-state index is 12.0. The largest absolute Gasteiger partial charge is 0.321 e. The van der Waals surface area contributed by atoms with Crippen LogP contribution >= 0.6 is 23.2 Å². The molecule has 8 heteroatoms. The van der Waals surface area contributed by atoms with Crippen molar-refractivity contribution in [3.63, 3.8) is 0 Å². The van der Waals surface area contributed by atoms with Crippen LogP contribution in [0.25, 0.3) is 0 Å². The number of nitrogens with zero attached hydrogens (tertiary/aromatic N) is 2. The molecule has 2 N–H and O–H groups in total. The lowest BCUT2D eigenvalue weighted by Gasteiger charge is -2.06. The van der Waals surface area contributed by atoms with Crippen molar-refractivity contribution in [3.05, 3.63) is 58.3 Å². The Morgan fingerprint density at radius 1 is 1.09 bits per heavy atom. The molecule has 0 saturated carbocycles. The molecule has 1 aromatic carbocycles. The van der Waals surface area contributed by atoms with Crippen LogP contribution in [0.1, 0.15) is 17.3 Å². The van der Waals surface area contributed by atoms with Crippen molar-refractivity contribution in [2.24, 2.45) is 5.10 Å². The lowest BCUT2D eigenvalue weighted by molar-refractivity contribution is -0.110. The highest BCUT2D eigenvalue weighted by Gasteiger charge is 2.09. The minimum atomic E-state index is -0.488. The summed E-state index contributed by atoms with van der Waals surface area (Å²) in [6.07, 6.45) is 2.97. The highest BCUT2D eigenvalue weighted by molar-refractivity contribution is 6.42. The Morgan fingerprint density at radius 2 is 1.70 bits per heavy atom. The third kappa shape index (κ3) is 5.05. The van der Waals surface area contributed by atoms with Gasteiger partial charge in [-0.05, 0) is 37.3 Å². The standard InChI is InChI=1S/C15H12Cl2N4O2/c1-9(20-21-15(23)10-2-4-18-5-3-10)14(22)19-13-7-11(16)6-12(17)8-13/h2-8H,1H3,(H,19,22)(H,21,23)/b20-9+. The molecule has 0 radical (unpaired) electrons. The van der Waals surface area contributed by atoms with Gasteiger partial charge < -0.3 is 5.32 Å². The van der Waals surface area contributed by atoms with Gasteiger partial charge in [0.1, 0.15) is 5.71 Å². The van der Waals surface area contributed by atoms with E-state index >= 15 is 0 Å². The molecule has 0 aliphatic carbocycles. The van der Waals surface area contributed by atoms with Gasteiger partial charge in [0, 0.05) is 33.7 Å². The predicted molar refractivity (Wildman–Crippen MR) is 89.9 cm³/mol. The zero-order chi connectivity index (χ0) is 16.8. The van der Waals surface area contributed by atoms with E-state index in [-0.39, 0.29) is 5.71 Å². The van der Waals surface area contributed by atoms with Crippen molar-refractivity contribution in [1.29, 1.82) is 0 Å². The van der Waals surface area contributed by atoms with Crippen molar-refractivity contribution in [2.45, 2.75) is 6.92 Å².